The number of carbonyl (C=O) groups is 1. The molecule has 0 radical (unpaired) electrons. The van der Waals surface area contributed by atoms with Crippen LogP contribution in [0.15, 0.2) is 18.2 Å². The number of ketones is 1. The first-order valence-corrected chi connectivity index (χ1v) is 6.69. The molecule has 0 amide bonds. The molecule has 0 aliphatic carbocycles. The summed E-state index contributed by atoms with van der Waals surface area (Å²) in [7, 11) is 0. The molecule has 2 nitrogen and oxygen atoms in total. The number of carbonyl (C=O) groups excluding carboxylic acids is 1. The van der Waals surface area contributed by atoms with E-state index in [1.807, 2.05) is 13.8 Å². The van der Waals surface area contributed by atoms with Crippen molar-refractivity contribution in [1.29, 1.82) is 0 Å². The maximum atomic E-state index is 13.1. The lowest BCUT2D eigenvalue weighted by molar-refractivity contribution is -0.127. The molecule has 0 spiro atoms. The maximum Gasteiger partial charge on any atom is 0.138 e. The quantitative estimate of drug-likeness (QED) is 0.839. The Balaban J connectivity index is 1.97. The summed E-state index contributed by atoms with van der Waals surface area (Å²) in [4.78, 5) is 13.8. The highest BCUT2D eigenvalue weighted by Gasteiger charge is 2.30. The van der Waals surface area contributed by atoms with Gasteiger partial charge in [0.1, 0.15) is 17.4 Å². The highest BCUT2D eigenvalue weighted by molar-refractivity contribution is 5.82. The number of benzene rings is 1. The van der Waals surface area contributed by atoms with Crippen LogP contribution in [0.5, 0.6) is 0 Å². The molecule has 0 bridgehead atoms. The van der Waals surface area contributed by atoms with Crippen LogP contribution >= 0.6 is 0 Å². The van der Waals surface area contributed by atoms with E-state index in [9.17, 15) is 13.6 Å². The van der Waals surface area contributed by atoms with Crippen LogP contribution in [0.2, 0.25) is 0 Å². The van der Waals surface area contributed by atoms with E-state index >= 15 is 0 Å². The zero-order valence-electron chi connectivity index (χ0n) is 11.3. The average Bonchev–Trinajstić information content (AvgIpc) is 2.34. The fraction of sp³-hybridized carbons (Fsp3) is 0.533. The molecule has 0 saturated carbocycles. The lowest BCUT2D eigenvalue weighted by Crippen LogP contribution is -2.47. The number of piperidine rings is 1. The van der Waals surface area contributed by atoms with Crippen LogP contribution < -0.4 is 0 Å². The van der Waals surface area contributed by atoms with E-state index in [2.05, 4.69) is 4.90 Å². The Morgan fingerprint density at radius 1 is 1.21 bits per heavy atom. The van der Waals surface area contributed by atoms with E-state index < -0.39 is 11.6 Å². The van der Waals surface area contributed by atoms with Crippen molar-refractivity contribution in [2.45, 2.75) is 32.7 Å². The smallest absolute Gasteiger partial charge is 0.138 e. The van der Waals surface area contributed by atoms with Crippen molar-refractivity contribution >= 4 is 5.78 Å². The summed E-state index contributed by atoms with van der Waals surface area (Å²) < 4.78 is 26.2. The molecule has 104 valence electrons. The molecule has 1 aliphatic rings. The van der Waals surface area contributed by atoms with Crippen molar-refractivity contribution in [3.05, 3.63) is 35.4 Å². The number of halogens is 2. The van der Waals surface area contributed by atoms with Crippen LogP contribution in [-0.4, -0.2) is 29.8 Å². The van der Waals surface area contributed by atoms with Gasteiger partial charge in [-0.05, 0) is 31.0 Å². The van der Waals surface area contributed by atoms with E-state index in [4.69, 9.17) is 0 Å². The van der Waals surface area contributed by atoms with Crippen molar-refractivity contribution in [2.75, 3.05) is 13.1 Å². The molecule has 2 unspecified atom stereocenters. The van der Waals surface area contributed by atoms with E-state index in [0.717, 1.165) is 19.2 Å². The molecule has 0 N–H and O–H groups in total. The number of hydrogen-bond acceptors (Lipinski definition) is 2. The standard InChI is InChI=1S/C15H19F2NO/c1-10-11(2)18(6-4-15(10)19)5-3-12-7-13(16)9-14(17)8-12/h7-11H,3-6H2,1-2H3. The van der Waals surface area contributed by atoms with Gasteiger partial charge in [-0.25, -0.2) is 8.78 Å². The first-order valence-electron chi connectivity index (χ1n) is 6.69. The van der Waals surface area contributed by atoms with Crippen LogP contribution in [0, 0.1) is 17.6 Å². The van der Waals surface area contributed by atoms with E-state index in [-0.39, 0.29) is 12.0 Å². The molecule has 2 atom stereocenters. The fourth-order valence-electron chi connectivity index (χ4n) is 2.61. The zero-order valence-corrected chi connectivity index (χ0v) is 11.3. The lowest BCUT2D eigenvalue weighted by Gasteiger charge is -2.36. The largest absolute Gasteiger partial charge is 0.299 e. The van der Waals surface area contributed by atoms with Crippen LogP contribution in [0.3, 0.4) is 0 Å². The minimum absolute atomic E-state index is 0.0398. The monoisotopic (exact) mass is 267 g/mol. The minimum atomic E-state index is -0.537. The van der Waals surface area contributed by atoms with Gasteiger partial charge < -0.3 is 0 Å². The first kappa shape index (κ1) is 14.1. The molecule has 1 aromatic rings. The molecule has 2 rings (SSSR count). The van der Waals surface area contributed by atoms with Crippen molar-refractivity contribution in [2.24, 2.45) is 5.92 Å². The molecule has 19 heavy (non-hydrogen) atoms. The highest BCUT2D eigenvalue weighted by atomic mass is 19.1. The molecule has 1 aliphatic heterocycles. The third kappa shape index (κ3) is 3.38. The summed E-state index contributed by atoms with van der Waals surface area (Å²) in [5.74, 6) is -0.728. The molecule has 1 saturated heterocycles. The second kappa shape index (κ2) is 5.78. The van der Waals surface area contributed by atoms with E-state index in [1.54, 1.807) is 0 Å². The highest BCUT2D eigenvalue weighted by Crippen LogP contribution is 2.20. The maximum absolute atomic E-state index is 13.1. The SMILES string of the molecule is CC1C(=O)CCN(CCc2cc(F)cc(F)c2)C1C. The Bertz CT molecular complexity index is 455. The molecular weight excluding hydrogens is 248 g/mol. The second-order valence-electron chi connectivity index (χ2n) is 5.31. The number of rotatable bonds is 3. The minimum Gasteiger partial charge on any atom is -0.299 e. The summed E-state index contributed by atoms with van der Waals surface area (Å²) in [5.41, 5.74) is 0.661. The normalized spacial score (nSPS) is 24.7. The van der Waals surface area contributed by atoms with Crippen LogP contribution in [0.25, 0.3) is 0 Å². The zero-order chi connectivity index (χ0) is 14.0. The molecule has 1 fully saturated rings. The molecule has 1 heterocycles. The van der Waals surface area contributed by atoms with E-state index in [0.29, 0.717) is 24.2 Å². The first-order chi connectivity index (χ1) is 8.97. The number of hydrogen-bond donors (Lipinski definition) is 0. The van der Waals surface area contributed by atoms with E-state index in [1.165, 1.54) is 12.1 Å². The van der Waals surface area contributed by atoms with Crippen LogP contribution in [-0.2, 0) is 11.2 Å². The van der Waals surface area contributed by atoms with Gasteiger partial charge in [0, 0.05) is 37.5 Å². The Labute approximate surface area is 112 Å². The topological polar surface area (TPSA) is 20.3 Å². The van der Waals surface area contributed by atoms with Crippen LogP contribution in [0.4, 0.5) is 8.78 Å². The predicted octanol–water partition coefficient (Wildman–Crippen LogP) is 2.81. The predicted molar refractivity (Wildman–Crippen MR) is 69.9 cm³/mol. The molecular formula is C15H19F2NO. The van der Waals surface area contributed by atoms with Gasteiger partial charge in [-0.1, -0.05) is 6.92 Å². The number of Topliss-reactive ketones (excluding diaryl/α,β-unsaturated/α-hetero) is 1. The second-order valence-corrected chi connectivity index (χ2v) is 5.31. The summed E-state index contributed by atoms with van der Waals surface area (Å²) in [6, 6.07) is 3.81. The molecule has 1 aromatic carbocycles. The Hall–Kier alpha value is -1.29. The number of nitrogens with zero attached hydrogens (tertiary/aromatic N) is 1. The summed E-state index contributed by atoms with van der Waals surface area (Å²) in [5, 5.41) is 0. The van der Waals surface area contributed by atoms with Gasteiger partial charge in [0.25, 0.3) is 0 Å². The van der Waals surface area contributed by atoms with Gasteiger partial charge >= 0.3 is 0 Å². The average molecular weight is 267 g/mol. The Morgan fingerprint density at radius 3 is 2.47 bits per heavy atom. The van der Waals surface area contributed by atoms with Gasteiger partial charge in [-0.3, -0.25) is 9.69 Å². The summed E-state index contributed by atoms with van der Waals surface area (Å²) in [6.45, 7) is 5.44. The van der Waals surface area contributed by atoms with Crippen molar-refractivity contribution < 1.29 is 13.6 Å². The van der Waals surface area contributed by atoms with Gasteiger partial charge in [-0.2, -0.15) is 0 Å². The summed E-state index contributed by atoms with van der Waals surface area (Å²) >= 11 is 0. The molecule has 4 heteroatoms. The van der Waals surface area contributed by atoms with Gasteiger partial charge in [0.05, 0.1) is 0 Å². The van der Waals surface area contributed by atoms with Crippen molar-refractivity contribution in [1.82, 2.24) is 4.90 Å². The Kier molecular flexibility index (Phi) is 4.30. The van der Waals surface area contributed by atoms with Crippen molar-refractivity contribution in [3.63, 3.8) is 0 Å². The third-order valence-electron chi connectivity index (χ3n) is 4.06. The van der Waals surface area contributed by atoms with Crippen LogP contribution in [0.1, 0.15) is 25.8 Å². The lowest BCUT2D eigenvalue weighted by atomic mass is 9.90. The fourth-order valence-corrected chi connectivity index (χ4v) is 2.61. The third-order valence-corrected chi connectivity index (χ3v) is 4.06. The van der Waals surface area contributed by atoms with Gasteiger partial charge in [0.2, 0.25) is 0 Å². The van der Waals surface area contributed by atoms with Crippen molar-refractivity contribution in [3.8, 4) is 0 Å². The molecule has 0 aromatic heterocycles. The number of likely N-dealkylation sites (tertiary alicyclic amines) is 1. The summed E-state index contributed by atoms with van der Waals surface area (Å²) in [6.07, 6.45) is 1.17. The Morgan fingerprint density at radius 2 is 1.84 bits per heavy atom. The van der Waals surface area contributed by atoms with Gasteiger partial charge in [-0.15, -0.1) is 0 Å². The van der Waals surface area contributed by atoms with Gasteiger partial charge in [0.15, 0.2) is 0 Å².